The van der Waals surface area contributed by atoms with Gasteiger partial charge >= 0.3 is 12.1 Å². The standard InChI is InChI=1S/C16H20ClNO4/c1-16(2,3)22-15(21)18-8-12(13(9-18)14(19)20)10-4-6-11(17)7-5-10/h4-7,12-13H,8-9H2,1-3H3,(H,19,20)/t12-,13-/m1/s1. The Kier molecular flexibility index (Phi) is 4.66. The van der Waals surface area contributed by atoms with Crippen LogP contribution in [0.2, 0.25) is 5.02 Å². The SMILES string of the molecule is CC(C)(C)OC(=O)N1C[C@H](c2ccc(Cl)cc2)[C@H](C(=O)O)C1. The summed E-state index contributed by atoms with van der Waals surface area (Å²) in [5.74, 6) is -1.82. The molecule has 0 saturated carbocycles. The molecule has 1 aromatic carbocycles. The number of hydrogen-bond acceptors (Lipinski definition) is 3. The number of hydrogen-bond donors (Lipinski definition) is 1. The summed E-state index contributed by atoms with van der Waals surface area (Å²) in [5.41, 5.74) is 0.261. The van der Waals surface area contributed by atoms with Crippen LogP contribution >= 0.6 is 11.6 Å². The normalized spacial score (nSPS) is 21.7. The third kappa shape index (κ3) is 3.91. The molecule has 2 atom stereocenters. The van der Waals surface area contributed by atoms with Gasteiger partial charge in [-0.05, 0) is 38.5 Å². The first-order valence-corrected chi connectivity index (χ1v) is 7.51. The maximum Gasteiger partial charge on any atom is 0.410 e. The van der Waals surface area contributed by atoms with Gasteiger partial charge in [0.1, 0.15) is 5.60 Å². The maximum atomic E-state index is 12.1. The fourth-order valence-corrected chi connectivity index (χ4v) is 2.70. The van der Waals surface area contributed by atoms with Crippen LogP contribution in [-0.2, 0) is 9.53 Å². The molecule has 120 valence electrons. The lowest BCUT2D eigenvalue weighted by Gasteiger charge is -2.24. The number of carbonyl (C=O) groups is 2. The van der Waals surface area contributed by atoms with E-state index in [1.54, 1.807) is 32.9 Å². The van der Waals surface area contributed by atoms with Gasteiger partial charge in [-0.2, -0.15) is 0 Å². The lowest BCUT2D eigenvalue weighted by molar-refractivity contribution is -0.141. The highest BCUT2D eigenvalue weighted by Crippen LogP contribution is 2.34. The summed E-state index contributed by atoms with van der Waals surface area (Å²) >= 11 is 5.87. The van der Waals surface area contributed by atoms with Crippen molar-refractivity contribution in [1.82, 2.24) is 4.90 Å². The van der Waals surface area contributed by atoms with Gasteiger partial charge in [0.2, 0.25) is 0 Å². The van der Waals surface area contributed by atoms with Gasteiger partial charge in [0.25, 0.3) is 0 Å². The predicted molar refractivity (Wildman–Crippen MR) is 83.1 cm³/mol. The number of ether oxygens (including phenoxy) is 1. The minimum absolute atomic E-state index is 0.150. The molecule has 1 N–H and O–H groups in total. The number of nitrogens with zero attached hydrogens (tertiary/aromatic N) is 1. The topological polar surface area (TPSA) is 66.8 Å². The molecule has 1 aliphatic heterocycles. The molecular formula is C16H20ClNO4. The summed E-state index contributed by atoms with van der Waals surface area (Å²) < 4.78 is 5.33. The predicted octanol–water partition coefficient (Wildman–Crippen LogP) is 3.38. The van der Waals surface area contributed by atoms with Gasteiger partial charge in [-0.3, -0.25) is 4.79 Å². The lowest BCUT2D eigenvalue weighted by Crippen LogP contribution is -2.35. The average molecular weight is 326 g/mol. The number of aliphatic carboxylic acids is 1. The fourth-order valence-electron chi connectivity index (χ4n) is 2.58. The molecule has 0 aliphatic carbocycles. The number of carboxylic acids is 1. The second kappa shape index (κ2) is 6.16. The van der Waals surface area contributed by atoms with E-state index in [-0.39, 0.29) is 12.5 Å². The van der Waals surface area contributed by atoms with Gasteiger partial charge in [-0.15, -0.1) is 0 Å². The minimum atomic E-state index is -0.911. The van der Waals surface area contributed by atoms with Crippen molar-refractivity contribution >= 4 is 23.7 Å². The molecule has 1 aliphatic rings. The first kappa shape index (κ1) is 16.6. The van der Waals surface area contributed by atoms with Crippen LogP contribution in [0.25, 0.3) is 0 Å². The summed E-state index contributed by atoms with van der Waals surface area (Å²) in [4.78, 5) is 25.1. The Bertz CT molecular complexity index is 565. The zero-order valence-corrected chi connectivity index (χ0v) is 13.6. The van der Waals surface area contributed by atoms with Crippen molar-refractivity contribution in [3.63, 3.8) is 0 Å². The molecule has 2 rings (SSSR count). The van der Waals surface area contributed by atoms with Crippen molar-refractivity contribution in [3.8, 4) is 0 Å². The number of carboxylic acid groups (broad SMARTS) is 1. The van der Waals surface area contributed by atoms with E-state index in [4.69, 9.17) is 16.3 Å². The summed E-state index contributed by atoms with van der Waals surface area (Å²) in [7, 11) is 0. The fraction of sp³-hybridized carbons (Fsp3) is 0.500. The monoisotopic (exact) mass is 325 g/mol. The van der Waals surface area contributed by atoms with Gasteiger partial charge in [0.05, 0.1) is 5.92 Å². The zero-order chi connectivity index (χ0) is 16.5. The van der Waals surface area contributed by atoms with Crippen LogP contribution in [0, 0.1) is 5.92 Å². The van der Waals surface area contributed by atoms with Crippen molar-refractivity contribution < 1.29 is 19.4 Å². The van der Waals surface area contributed by atoms with Crippen LogP contribution < -0.4 is 0 Å². The van der Waals surface area contributed by atoms with E-state index in [0.717, 1.165) is 5.56 Å². The Morgan fingerprint density at radius 1 is 1.23 bits per heavy atom. The highest BCUT2D eigenvalue weighted by Gasteiger charge is 2.41. The largest absolute Gasteiger partial charge is 0.481 e. The van der Waals surface area contributed by atoms with E-state index >= 15 is 0 Å². The molecule has 0 radical (unpaired) electrons. The second-order valence-electron chi connectivity index (χ2n) is 6.49. The second-order valence-corrected chi connectivity index (χ2v) is 6.92. The van der Waals surface area contributed by atoms with Crippen molar-refractivity contribution in [2.24, 2.45) is 5.92 Å². The van der Waals surface area contributed by atoms with Crippen LogP contribution in [-0.4, -0.2) is 40.8 Å². The summed E-state index contributed by atoms with van der Waals surface area (Å²) in [6.07, 6.45) is -0.477. The maximum absolute atomic E-state index is 12.1. The first-order chi connectivity index (χ1) is 10.2. The highest BCUT2D eigenvalue weighted by atomic mass is 35.5. The molecule has 1 amide bonds. The molecule has 0 unspecified atom stereocenters. The van der Waals surface area contributed by atoms with Crippen molar-refractivity contribution in [3.05, 3.63) is 34.9 Å². The molecule has 1 aromatic rings. The van der Waals surface area contributed by atoms with Crippen molar-refractivity contribution in [2.75, 3.05) is 13.1 Å². The van der Waals surface area contributed by atoms with E-state index in [2.05, 4.69) is 0 Å². The van der Waals surface area contributed by atoms with Gasteiger partial charge in [-0.1, -0.05) is 23.7 Å². The van der Waals surface area contributed by atoms with Crippen LogP contribution in [0.15, 0.2) is 24.3 Å². The number of benzene rings is 1. The van der Waals surface area contributed by atoms with E-state index in [0.29, 0.717) is 11.6 Å². The molecule has 0 spiro atoms. The van der Waals surface area contributed by atoms with Crippen molar-refractivity contribution in [1.29, 1.82) is 0 Å². The van der Waals surface area contributed by atoms with E-state index in [9.17, 15) is 14.7 Å². The molecule has 1 fully saturated rings. The molecule has 5 nitrogen and oxygen atoms in total. The third-order valence-corrected chi connectivity index (χ3v) is 3.84. The Labute approximate surface area is 134 Å². The Morgan fingerprint density at radius 2 is 1.82 bits per heavy atom. The quantitative estimate of drug-likeness (QED) is 0.905. The molecule has 0 aromatic heterocycles. The number of carbonyl (C=O) groups excluding carboxylic acids is 1. The lowest BCUT2D eigenvalue weighted by atomic mass is 9.89. The molecule has 1 saturated heterocycles. The Balaban J connectivity index is 2.18. The molecular weight excluding hydrogens is 306 g/mol. The molecule has 0 bridgehead atoms. The number of likely N-dealkylation sites (tertiary alicyclic amines) is 1. The van der Waals surface area contributed by atoms with Crippen LogP contribution in [0.5, 0.6) is 0 Å². The average Bonchev–Trinajstić information content (AvgIpc) is 2.83. The van der Waals surface area contributed by atoms with E-state index in [1.807, 2.05) is 12.1 Å². The van der Waals surface area contributed by atoms with Gasteiger partial charge in [0, 0.05) is 24.0 Å². The van der Waals surface area contributed by atoms with E-state index < -0.39 is 23.6 Å². The summed E-state index contributed by atoms with van der Waals surface area (Å²) in [6, 6.07) is 7.07. The number of halogens is 1. The smallest absolute Gasteiger partial charge is 0.410 e. The highest BCUT2D eigenvalue weighted by molar-refractivity contribution is 6.30. The summed E-state index contributed by atoms with van der Waals surface area (Å²) in [5, 5.41) is 10.0. The van der Waals surface area contributed by atoms with Gasteiger partial charge in [-0.25, -0.2) is 4.79 Å². The third-order valence-electron chi connectivity index (χ3n) is 3.59. The van der Waals surface area contributed by atoms with Crippen LogP contribution in [0.1, 0.15) is 32.3 Å². The van der Waals surface area contributed by atoms with Crippen LogP contribution in [0.3, 0.4) is 0 Å². The van der Waals surface area contributed by atoms with Gasteiger partial charge < -0.3 is 14.7 Å². The number of amides is 1. The number of rotatable bonds is 2. The zero-order valence-electron chi connectivity index (χ0n) is 12.9. The van der Waals surface area contributed by atoms with E-state index in [1.165, 1.54) is 4.90 Å². The Morgan fingerprint density at radius 3 is 2.32 bits per heavy atom. The van der Waals surface area contributed by atoms with Crippen molar-refractivity contribution in [2.45, 2.75) is 32.3 Å². The van der Waals surface area contributed by atoms with Crippen LogP contribution in [0.4, 0.5) is 4.79 Å². The first-order valence-electron chi connectivity index (χ1n) is 7.13. The molecule has 22 heavy (non-hydrogen) atoms. The minimum Gasteiger partial charge on any atom is -0.481 e. The van der Waals surface area contributed by atoms with Gasteiger partial charge in [0.15, 0.2) is 0 Å². The molecule has 6 heteroatoms. The summed E-state index contributed by atoms with van der Waals surface area (Å²) in [6.45, 7) is 5.83. The molecule has 1 heterocycles. The Hall–Kier alpha value is -1.75.